The van der Waals surface area contributed by atoms with Crippen molar-refractivity contribution in [3.8, 4) is 0 Å². The van der Waals surface area contributed by atoms with E-state index in [1.54, 1.807) is 6.20 Å². The molecule has 1 unspecified atom stereocenters. The Labute approximate surface area is 157 Å². The molecule has 0 bridgehead atoms. The molecule has 0 aliphatic heterocycles. The molecular weight excluding hydrogens is 344 g/mol. The van der Waals surface area contributed by atoms with Gasteiger partial charge in [0.05, 0.1) is 6.42 Å². The van der Waals surface area contributed by atoms with Crippen LogP contribution in [0.25, 0.3) is 0 Å². The molecule has 0 radical (unpaired) electrons. The number of rotatable bonds is 5. The predicted octanol–water partition coefficient (Wildman–Crippen LogP) is 1.96. The van der Waals surface area contributed by atoms with E-state index in [1.807, 2.05) is 18.2 Å². The normalized spacial score (nSPS) is 19.5. The lowest BCUT2D eigenvalue weighted by Gasteiger charge is -2.22. The van der Waals surface area contributed by atoms with Gasteiger partial charge in [-0.2, -0.15) is 0 Å². The van der Waals surface area contributed by atoms with Crippen molar-refractivity contribution >= 4 is 11.8 Å². The summed E-state index contributed by atoms with van der Waals surface area (Å²) in [6.07, 6.45) is 8.33. The summed E-state index contributed by atoms with van der Waals surface area (Å²) < 4.78 is 5.39. The Bertz CT molecular complexity index is 812. The van der Waals surface area contributed by atoms with Crippen molar-refractivity contribution in [3.05, 3.63) is 47.1 Å². The number of nitrogens with one attached hydrogen (secondary N) is 2. The molecule has 2 aromatic rings. The summed E-state index contributed by atoms with van der Waals surface area (Å²) in [5, 5.41) is 10.1. The van der Waals surface area contributed by atoms with E-state index in [9.17, 15) is 9.59 Å². The molecule has 2 heterocycles. The molecule has 7 nitrogen and oxygen atoms in total. The van der Waals surface area contributed by atoms with Gasteiger partial charge in [-0.05, 0) is 37.8 Å². The summed E-state index contributed by atoms with van der Waals surface area (Å²) in [6, 6.07) is 5.75. The topological polar surface area (TPSA) is 97.1 Å². The molecule has 2 N–H and O–H groups in total. The second-order valence-corrected chi connectivity index (χ2v) is 7.39. The van der Waals surface area contributed by atoms with Crippen molar-refractivity contribution in [2.24, 2.45) is 0 Å². The Hall–Kier alpha value is -2.70. The average molecular weight is 368 g/mol. The van der Waals surface area contributed by atoms with Crippen molar-refractivity contribution in [2.45, 2.75) is 63.5 Å². The summed E-state index contributed by atoms with van der Waals surface area (Å²) in [5.74, 6) is 0.546. The second kappa shape index (κ2) is 7.90. The van der Waals surface area contributed by atoms with Gasteiger partial charge in [0.2, 0.25) is 5.91 Å². The van der Waals surface area contributed by atoms with Crippen LogP contribution < -0.4 is 10.6 Å². The van der Waals surface area contributed by atoms with E-state index in [-0.39, 0.29) is 30.3 Å². The van der Waals surface area contributed by atoms with Gasteiger partial charge in [0.25, 0.3) is 5.91 Å². The number of pyridine rings is 1. The van der Waals surface area contributed by atoms with Crippen LogP contribution in [0.5, 0.6) is 0 Å². The number of fused-ring (bicyclic) bond motifs is 1. The molecule has 1 fully saturated rings. The zero-order valence-electron chi connectivity index (χ0n) is 15.2. The van der Waals surface area contributed by atoms with Crippen LogP contribution in [0.2, 0.25) is 0 Å². The number of aryl methyl sites for hydroxylation is 1. The van der Waals surface area contributed by atoms with Crippen molar-refractivity contribution < 1.29 is 14.1 Å². The van der Waals surface area contributed by atoms with Crippen molar-refractivity contribution in [1.82, 2.24) is 20.8 Å². The standard InChI is InChI=1S/C20H24N4O3/c25-18(12-14-7-3-4-10-21-14)22-15-8-9-17-16(11-15)19(24-27-17)20(26)23-13-5-1-2-6-13/h3-4,7,10,13,15H,1-2,5-6,8-9,11-12H2,(H,22,25)(H,23,26). The lowest BCUT2D eigenvalue weighted by Crippen LogP contribution is -2.40. The summed E-state index contributed by atoms with van der Waals surface area (Å²) in [7, 11) is 0. The Morgan fingerprint density at radius 2 is 1.96 bits per heavy atom. The van der Waals surface area contributed by atoms with Gasteiger partial charge in [0, 0.05) is 36.0 Å². The average Bonchev–Trinajstić information content (AvgIpc) is 3.31. The van der Waals surface area contributed by atoms with Gasteiger partial charge < -0.3 is 15.2 Å². The molecule has 2 amide bonds. The third-order valence-corrected chi connectivity index (χ3v) is 5.38. The van der Waals surface area contributed by atoms with Crippen LogP contribution in [0.15, 0.2) is 28.9 Å². The highest BCUT2D eigenvalue weighted by molar-refractivity contribution is 5.94. The monoisotopic (exact) mass is 368 g/mol. The predicted molar refractivity (Wildman–Crippen MR) is 98.1 cm³/mol. The van der Waals surface area contributed by atoms with Crippen LogP contribution >= 0.6 is 0 Å². The van der Waals surface area contributed by atoms with Crippen molar-refractivity contribution in [1.29, 1.82) is 0 Å². The van der Waals surface area contributed by atoms with Crippen LogP contribution in [0.1, 0.15) is 59.6 Å². The maximum Gasteiger partial charge on any atom is 0.273 e. The molecule has 142 valence electrons. The number of nitrogens with zero attached hydrogens (tertiary/aromatic N) is 2. The van der Waals surface area contributed by atoms with Crippen LogP contribution in [0, 0.1) is 0 Å². The van der Waals surface area contributed by atoms with E-state index in [2.05, 4.69) is 20.8 Å². The van der Waals surface area contributed by atoms with E-state index in [4.69, 9.17) is 4.52 Å². The van der Waals surface area contributed by atoms with E-state index < -0.39 is 0 Å². The summed E-state index contributed by atoms with van der Waals surface area (Å²) in [6.45, 7) is 0. The van der Waals surface area contributed by atoms with Gasteiger partial charge in [0.1, 0.15) is 5.76 Å². The zero-order valence-corrected chi connectivity index (χ0v) is 15.2. The molecule has 1 saturated carbocycles. The molecule has 2 aliphatic carbocycles. The maximum atomic E-state index is 12.6. The summed E-state index contributed by atoms with van der Waals surface area (Å²) >= 11 is 0. The summed E-state index contributed by atoms with van der Waals surface area (Å²) in [5.41, 5.74) is 1.95. The SMILES string of the molecule is O=C(Cc1ccccn1)NC1CCc2onc(C(=O)NC3CCCC3)c2C1. The Balaban J connectivity index is 1.38. The van der Waals surface area contributed by atoms with Gasteiger partial charge in [-0.15, -0.1) is 0 Å². The highest BCUT2D eigenvalue weighted by atomic mass is 16.5. The van der Waals surface area contributed by atoms with Gasteiger partial charge >= 0.3 is 0 Å². The van der Waals surface area contributed by atoms with Gasteiger partial charge in [-0.25, -0.2) is 0 Å². The quantitative estimate of drug-likeness (QED) is 0.841. The number of aromatic nitrogens is 2. The minimum Gasteiger partial charge on any atom is -0.360 e. The minimum absolute atomic E-state index is 0.0221. The number of carbonyl (C=O) groups is 2. The molecule has 4 rings (SSSR count). The van der Waals surface area contributed by atoms with Crippen molar-refractivity contribution in [2.75, 3.05) is 0 Å². The van der Waals surface area contributed by atoms with Gasteiger partial charge in [-0.1, -0.05) is 24.1 Å². The first kappa shape index (κ1) is 17.7. The molecule has 2 aromatic heterocycles. The molecule has 27 heavy (non-hydrogen) atoms. The fourth-order valence-electron chi connectivity index (χ4n) is 3.98. The Kier molecular flexibility index (Phi) is 5.18. The highest BCUT2D eigenvalue weighted by Crippen LogP contribution is 2.25. The zero-order chi connectivity index (χ0) is 18.6. The fourth-order valence-corrected chi connectivity index (χ4v) is 3.98. The van der Waals surface area contributed by atoms with Gasteiger partial charge in [-0.3, -0.25) is 14.6 Å². The minimum atomic E-state index is -0.160. The highest BCUT2D eigenvalue weighted by Gasteiger charge is 2.30. The largest absolute Gasteiger partial charge is 0.360 e. The third-order valence-electron chi connectivity index (χ3n) is 5.38. The number of amides is 2. The van der Waals surface area contributed by atoms with Crippen molar-refractivity contribution in [3.63, 3.8) is 0 Å². The second-order valence-electron chi connectivity index (χ2n) is 7.39. The van der Waals surface area contributed by atoms with E-state index >= 15 is 0 Å². The molecule has 1 atom stereocenters. The smallest absolute Gasteiger partial charge is 0.273 e. The number of carbonyl (C=O) groups excluding carboxylic acids is 2. The summed E-state index contributed by atoms with van der Waals surface area (Å²) in [4.78, 5) is 29.1. The first-order valence-corrected chi connectivity index (χ1v) is 9.66. The molecule has 7 heteroatoms. The fraction of sp³-hybridized carbons (Fsp3) is 0.500. The molecule has 0 spiro atoms. The molecular formula is C20H24N4O3. The molecule has 2 aliphatic rings. The van der Waals surface area contributed by atoms with Crippen LogP contribution in [-0.2, 0) is 24.1 Å². The first-order valence-electron chi connectivity index (χ1n) is 9.66. The first-order chi connectivity index (χ1) is 13.2. The van der Waals surface area contributed by atoms with Gasteiger partial charge in [0.15, 0.2) is 5.69 Å². The lowest BCUT2D eigenvalue weighted by atomic mass is 9.91. The third kappa shape index (κ3) is 4.18. The van der Waals surface area contributed by atoms with Crippen LogP contribution in [-0.4, -0.2) is 34.0 Å². The van der Waals surface area contributed by atoms with E-state index in [1.165, 1.54) is 0 Å². The van der Waals surface area contributed by atoms with Crippen LogP contribution in [0.3, 0.4) is 0 Å². The van der Waals surface area contributed by atoms with E-state index in [0.29, 0.717) is 18.5 Å². The van der Waals surface area contributed by atoms with E-state index in [0.717, 1.165) is 49.1 Å². The molecule has 0 saturated heterocycles. The number of hydrogen-bond donors (Lipinski definition) is 2. The molecule has 0 aromatic carbocycles. The lowest BCUT2D eigenvalue weighted by molar-refractivity contribution is -0.121. The Morgan fingerprint density at radius 3 is 2.74 bits per heavy atom. The Morgan fingerprint density at radius 1 is 1.11 bits per heavy atom. The van der Waals surface area contributed by atoms with Crippen LogP contribution in [0.4, 0.5) is 0 Å². The maximum absolute atomic E-state index is 12.6. The number of hydrogen-bond acceptors (Lipinski definition) is 5.